The summed E-state index contributed by atoms with van der Waals surface area (Å²) in [5.41, 5.74) is 0.238. The lowest BCUT2D eigenvalue weighted by Crippen LogP contribution is -2.34. The third kappa shape index (κ3) is 6.07. The smallest absolute Gasteiger partial charge is 0.347 e. The fraction of sp³-hybridized carbons (Fsp3) is 0.538. The highest BCUT2D eigenvalue weighted by atomic mass is 16.6. The van der Waals surface area contributed by atoms with Crippen molar-refractivity contribution in [3.8, 4) is 0 Å². The fourth-order valence-electron chi connectivity index (χ4n) is 1.40. The molecule has 1 saturated heterocycles. The molecule has 0 saturated carbocycles. The molecule has 0 aromatic rings. The molecule has 0 aliphatic carbocycles. The topological polar surface area (TPSA) is 108 Å². The Morgan fingerprint density at radius 2 is 2.14 bits per heavy atom. The SMILES string of the molecule is C=C(C)C(=O)OCCC(=O)NCC(=O)OC1CCOC1=O. The van der Waals surface area contributed by atoms with E-state index in [9.17, 15) is 19.2 Å². The van der Waals surface area contributed by atoms with Crippen LogP contribution in [0.1, 0.15) is 19.8 Å². The molecule has 1 unspecified atom stereocenters. The number of esters is 3. The summed E-state index contributed by atoms with van der Waals surface area (Å²) in [6, 6.07) is 0. The van der Waals surface area contributed by atoms with E-state index in [4.69, 9.17) is 9.47 Å². The van der Waals surface area contributed by atoms with Crippen LogP contribution in [0.4, 0.5) is 0 Å². The van der Waals surface area contributed by atoms with E-state index in [2.05, 4.69) is 16.6 Å². The van der Waals surface area contributed by atoms with Crippen LogP contribution in [0.3, 0.4) is 0 Å². The van der Waals surface area contributed by atoms with E-state index in [0.717, 1.165) is 0 Å². The van der Waals surface area contributed by atoms with Crippen LogP contribution < -0.4 is 5.32 Å². The van der Waals surface area contributed by atoms with Crippen LogP contribution in [-0.4, -0.2) is 49.7 Å². The summed E-state index contributed by atoms with van der Waals surface area (Å²) in [6.07, 6.45) is -0.668. The second-order valence-corrected chi connectivity index (χ2v) is 4.38. The van der Waals surface area contributed by atoms with E-state index in [1.54, 1.807) is 0 Å². The first-order valence-electron chi connectivity index (χ1n) is 6.35. The standard InChI is InChI=1S/C13H17NO7/c1-8(2)12(17)19-6-4-10(15)14-7-11(16)21-9-3-5-20-13(9)18/h9H,1,3-7H2,2H3,(H,14,15). The van der Waals surface area contributed by atoms with Gasteiger partial charge in [0.15, 0.2) is 0 Å². The van der Waals surface area contributed by atoms with Gasteiger partial charge < -0.3 is 19.5 Å². The second-order valence-electron chi connectivity index (χ2n) is 4.38. The van der Waals surface area contributed by atoms with Gasteiger partial charge in [-0.3, -0.25) is 9.59 Å². The predicted octanol–water partition coefficient (Wildman–Crippen LogP) is -0.529. The van der Waals surface area contributed by atoms with Gasteiger partial charge >= 0.3 is 17.9 Å². The van der Waals surface area contributed by atoms with Crippen molar-refractivity contribution in [3.63, 3.8) is 0 Å². The van der Waals surface area contributed by atoms with Crippen LogP contribution in [0, 0.1) is 0 Å². The van der Waals surface area contributed by atoms with Gasteiger partial charge in [0.1, 0.15) is 13.2 Å². The number of hydrogen-bond donors (Lipinski definition) is 1. The van der Waals surface area contributed by atoms with Gasteiger partial charge in [0, 0.05) is 12.0 Å². The summed E-state index contributed by atoms with van der Waals surface area (Å²) < 4.78 is 14.2. The summed E-state index contributed by atoms with van der Waals surface area (Å²) in [5.74, 6) is -2.37. The Morgan fingerprint density at radius 1 is 1.43 bits per heavy atom. The highest BCUT2D eigenvalue weighted by molar-refractivity contribution is 5.87. The van der Waals surface area contributed by atoms with E-state index >= 15 is 0 Å². The Balaban J connectivity index is 2.14. The van der Waals surface area contributed by atoms with Crippen molar-refractivity contribution in [2.45, 2.75) is 25.9 Å². The summed E-state index contributed by atoms with van der Waals surface area (Å²) in [6.45, 7) is 4.63. The number of carbonyl (C=O) groups is 4. The molecule has 0 aromatic heterocycles. The van der Waals surface area contributed by atoms with Crippen LogP contribution in [0.25, 0.3) is 0 Å². The van der Waals surface area contributed by atoms with Crippen molar-refractivity contribution in [2.24, 2.45) is 0 Å². The van der Waals surface area contributed by atoms with Crippen LogP contribution in [-0.2, 0) is 33.4 Å². The second kappa shape index (κ2) is 8.03. The minimum absolute atomic E-state index is 0.0855. The molecule has 116 valence electrons. The first-order valence-corrected chi connectivity index (χ1v) is 6.35. The zero-order valence-corrected chi connectivity index (χ0v) is 11.7. The summed E-state index contributed by atoms with van der Waals surface area (Å²) in [4.78, 5) is 44.9. The van der Waals surface area contributed by atoms with E-state index < -0.39 is 29.9 Å². The molecule has 1 aliphatic rings. The molecule has 8 heteroatoms. The molecule has 1 N–H and O–H groups in total. The molecule has 0 bridgehead atoms. The molecular weight excluding hydrogens is 282 g/mol. The normalized spacial score (nSPS) is 16.8. The van der Waals surface area contributed by atoms with Crippen molar-refractivity contribution >= 4 is 23.8 Å². The number of rotatable bonds is 7. The van der Waals surface area contributed by atoms with E-state index in [1.165, 1.54) is 6.92 Å². The van der Waals surface area contributed by atoms with Gasteiger partial charge in [0.25, 0.3) is 0 Å². The Labute approximate surface area is 121 Å². The summed E-state index contributed by atoms with van der Waals surface area (Å²) in [7, 11) is 0. The van der Waals surface area contributed by atoms with Crippen molar-refractivity contribution < 1.29 is 33.4 Å². The zero-order chi connectivity index (χ0) is 15.8. The molecular formula is C13H17NO7. The molecule has 1 aliphatic heterocycles. The number of ether oxygens (including phenoxy) is 3. The van der Waals surface area contributed by atoms with Gasteiger partial charge in [0.2, 0.25) is 12.0 Å². The van der Waals surface area contributed by atoms with Crippen molar-refractivity contribution in [3.05, 3.63) is 12.2 Å². The average Bonchev–Trinajstić information content (AvgIpc) is 2.81. The molecule has 1 atom stereocenters. The highest BCUT2D eigenvalue weighted by Crippen LogP contribution is 2.09. The van der Waals surface area contributed by atoms with E-state index in [0.29, 0.717) is 6.42 Å². The lowest BCUT2D eigenvalue weighted by Gasteiger charge is -2.09. The Hall–Kier alpha value is -2.38. The molecule has 1 rings (SSSR count). The molecule has 0 radical (unpaired) electrons. The summed E-state index contributed by atoms with van der Waals surface area (Å²) in [5, 5.41) is 2.29. The quantitative estimate of drug-likeness (QED) is 0.382. The number of hydrogen-bond acceptors (Lipinski definition) is 7. The van der Waals surface area contributed by atoms with Gasteiger partial charge in [-0.2, -0.15) is 0 Å². The number of carbonyl (C=O) groups excluding carboxylic acids is 4. The predicted molar refractivity (Wildman–Crippen MR) is 68.9 cm³/mol. The lowest BCUT2D eigenvalue weighted by molar-refractivity contribution is -0.159. The van der Waals surface area contributed by atoms with Crippen LogP contribution in [0.2, 0.25) is 0 Å². The van der Waals surface area contributed by atoms with Gasteiger partial charge in [-0.15, -0.1) is 0 Å². The fourth-order valence-corrected chi connectivity index (χ4v) is 1.40. The van der Waals surface area contributed by atoms with E-state index in [1.807, 2.05) is 0 Å². The maximum absolute atomic E-state index is 11.4. The Morgan fingerprint density at radius 3 is 2.71 bits per heavy atom. The molecule has 1 fully saturated rings. The molecule has 8 nitrogen and oxygen atoms in total. The van der Waals surface area contributed by atoms with Gasteiger partial charge in [-0.05, 0) is 6.92 Å². The molecule has 1 amide bonds. The van der Waals surface area contributed by atoms with Crippen LogP contribution in [0.5, 0.6) is 0 Å². The maximum Gasteiger partial charge on any atom is 0.347 e. The zero-order valence-electron chi connectivity index (χ0n) is 11.7. The first-order chi connectivity index (χ1) is 9.90. The van der Waals surface area contributed by atoms with Crippen LogP contribution in [0.15, 0.2) is 12.2 Å². The molecule has 1 heterocycles. The summed E-state index contributed by atoms with van der Waals surface area (Å²) >= 11 is 0. The van der Waals surface area contributed by atoms with Crippen molar-refractivity contribution in [2.75, 3.05) is 19.8 Å². The molecule has 0 aromatic carbocycles. The largest absolute Gasteiger partial charge is 0.463 e. The molecule has 0 spiro atoms. The number of nitrogens with one attached hydrogen (secondary N) is 1. The van der Waals surface area contributed by atoms with Gasteiger partial charge in [0.05, 0.1) is 13.0 Å². The number of cyclic esters (lactones) is 1. The first kappa shape index (κ1) is 16.7. The number of amides is 1. The minimum Gasteiger partial charge on any atom is -0.463 e. The third-order valence-corrected chi connectivity index (χ3v) is 2.50. The monoisotopic (exact) mass is 299 g/mol. The maximum atomic E-state index is 11.4. The minimum atomic E-state index is -0.897. The Kier molecular flexibility index (Phi) is 6.38. The van der Waals surface area contributed by atoms with Gasteiger partial charge in [-0.1, -0.05) is 6.58 Å². The Bertz CT molecular complexity index is 457. The van der Waals surface area contributed by atoms with Crippen LogP contribution >= 0.6 is 0 Å². The van der Waals surface area contributed by atoms with Gasteiger partial charge in [-0.25, -0.2) is 9.59 Å². The van der Waals surface area contributed by atoms with Crippen molar-refractivity contribution in [1.29, 1.82) is 0 Å². The highest BCUT2D eigenvalue weighted by Gasteiger charge is 2.30. The molecule has 21 heavy (non-hydrogen) atoms. The average molecular weight is 299 g/mol. The lowest BCUT2D eigenvalue weighted by atomic mass is 10.3. The third-order valence-electron chi connectivity index (χ3n) is 2.50. The van der Waals surface area contributed by atoms with Crippen molar-refractivity contribution in [1.82, 2.24) is 5.32 Å². The van der Waals surface area contributed by atoms with E-state index in [-0.39, 0.29) is 31.8 Å².